The number of amidine groups is 1. The topological polar surface area (TPSA) is 65.0 Å². The maximum Gasteiger partial charge on any atom is 0.416 e. The van der Waals surface area contributed by atoms with Crippen molar-refractivity contribution in [3.8, 4) is 0 Å². The third kappa shape index (κ3) is 5.53. The number of halogens is 6. The highest BCUT2D eigenvalue weighted by Gasteiger charge is 2.45. The molecule has 1 aliphatic heterocycles. The number of benzene rings is 1. The lowest BCUT2D eigenvalue weighted by molar-refractivity contribution is -0.137. The zero-order valence-electron chi connectivity index (χ0n) is 15.8. The number of likely N-dealkylation sites (N-methyl/N-ethyl adjacent to an activating group) is 1. The maximum atomic E-state index is 13.1. The Morgan fingerprint density at radius 1 is 1.10 bits per heavy atom. The number of hydrogen-bond acceptors (Lipinski definition) is 4. The summed E-state index contributed by atoms with van der Waals surface area (Å²) in [6.07, 6.45) is -5.90. The van der Waals surface area contributed by atoms with Gasteiger partial charge >= 0.3 is 12.2 Å². The quantitative estimate of drug-likeness (QED) is 0.516. The van der Waals surface area contributed by atoms with E-state index in [1.54, 1.807) is 20.8 Å². The standard InChI is InChI=1S/C17H18Cl3F3N4O2/c1-15(2,3)25-13(16(18,19)20)24-11-12(28)26(4)14(29)27(11)10-7-5-6-9(8-10)17(21,22)23/h5-8,13,25H,1-4H3/b24-11+. The Labute approximate surface area is 180 Å². The van der Waals surface area contributed by atoms with E-state index in [4.69, 9.17) is 34.8 Å². The van der Waals surface area contributed by atoms with Crippen LogP contribution in [-0.2, 0) is 11.0 Å². The lowest BCUT2D eigenvalue weighted by Crippen LogP contribution is -2.50. The molecule has 1 aromatic rings. The van der Waals surface area contributed by atoms with Crippen molar-refractivity contribution in [2.24, 2.45) is 4.99 Å². The molecule has 12 heteroatoms. The van der Waals surface area contributed by atoms with Gasteiger partial charge in [-0.1, -0.05) is 40.9 Å². The Morgan fingerprint density at radius 3 is 2.17 bits per heavy atom. The monoisotopic (exact) mass is 472 g/mol. The minimum absolute atomic E-state index is 0.194. The van der Waals surface area contributed by atoms with Gasteiger partial charge in [0.2, 0.25) is 9.63 Å². The molecule has 1 heterocycles. The average molecular weight is 474 g/mol. The molecular weight excluding hydrogens is 456 g/mol. The summed E-state index contributed by atoms with van der Waals surface area (Å²) >= 11 is 17.9. The number of rotatable bonds is 3. The molecule has 0 aromatic heterocycles. The van der Waals surface area contributed by atoms with Gasteiger partial charge in [0.1, 0.15) is 6.17 Å². The number of carbonyl (C=O) groups excluding carboxylic acids is 2. The summed E-state index contributed by atoms with van der Waals surface area (Å²) in [4.78, 5) is 30.7. The fourth-order valence-corrected chi connectivity index (χ4v) is 2.77. The van der Waals surface area contributed by atoms with Crippen LogP contribution in [0.15, 0.2) is 29.3 Å². The number of carbonyl (C=O) groups is 2. The van der Waals surface area contributed by atoms with Crippen molar-refractivity contribution in [3.05, 3.63) is 29.8 Å². The normalized spacial score (nSPS) is 18.8. The molecule has 1 fully saturated rings. The number of anilines is 1. The molecule has 1 aliphatic rings. The molecule has 0 saturated carbocycles. The summed E-state index contributed by atoms with van der Waals surface area (Å²) in [5.74, 6) is -1.31. The van der Waals surface area contributed by atoms with Gasteiger partial charge < -0.3 is 0 Å². The van der Waals surface area contributed by atoms with E-state index in [9.17, 15) is 22.8 Å². The van der Waals surface area contributed by atoms with E-state index in [-0.39, 0.29) is 5.69 Å². The lowest BCUT2D eigenvalue weighted by atomic mass is 10.1. The molecule has 6 nitrogen and oxygen atoms in total. The van der Waals surface area contributed by atoms with Gasteiger partial charge in [-0.15, -0.1) is 0 Å². The Bertz CT molecular complexity index is 848. The second kappa shape index (κ2) is 7.94. The molecule has 1 atom stereocenters. The summed E-state index contributed by atoms with van der Waals surface area (Å²) in [7, 11) is 1.18. The number of nitrogens with one attached hydrogen (secondary N) is 1. The van der Waals surface area contributed by atoms with Crippen LogP contribution in [0.4, 0.5) is 23.7 Å². The Kier molecular flexibility index (Phi) is 6.50. The predicted molar refractivity (Wildman–Crippen MR) is 106 cm³/mol. The van der Waals surface area contributed by atoms with Crippen LogP contribution in [0, 0.1) is 0 Å². The number of urea groups is 1. The van der Waals surface area contributed by atoms with Crippen LogP contribution < -0.4 is 10.2 Å². The SMILES string of the molecule is CN1C(=O)/C(=N\C(NC(C)(C)C)C(Cl)(Cl)Cl)N(c2cccc(C(F)(F)F)c2)C1=O. The first kappa shape index (κ1) is 23.7. The smallest absolute Gasteiger partial charge is 0.287 e. The summed E-state index contributed by atoms with van der Waals surface area (Å²) in [5.41, 5.74) is -1.79. The van der Waals surface area contributed by atoms with E-state index in [1.807, 2.05) is 0 Å². The molecule has 1 unspecified atom stereocenters. The van der Waals surface area contributed by atoms with Crippen molar-refractivity contribution in [1.82, 2.24) is 10.2 Å². The van der Waals surface area contributed by atoms with Gasteiger partial charge in [0.05, 0.1) is 11.3 Å². The van der Waals surface area contributed by atoms with Crippen LogP contribution in [-0.4, -0.2) is 45.2 Å². The molecular formula is C17H18Cl3F3N4O2. The van der Waals surface area contributed by atoms with Crippen molar-refractivity contribution in [2.45, 2.75) is 42.4 Å². The summed E-state index contributed by atoms with van der Waals surface area (Å²) in [6.45, 7) is 5.28. The average Bonchev–Trinajstić information content (AvgIpc) is 2.76. The van der Waals surface area contributed by atoms with Crippen LogP contribution in [0.25, 0.3) is 0 Å². The largest absolute Gasteiger partial charge is 0.416 e. The lowest BCUT2D eigenvalue weighted by Gasteiger charge is -2.30. The summed E-state index contributed by atoms with van der Waals surface area (Å²) in [6, 6.07) is 3.06. The molecule has 1 N–H and O–H groups in total. The maximum absolute atomic E-state index is 13.1. The Balaban J connectivity index is 2.60. The fourth-order valence-electron chi connectivity index (χ4n) is 2.46. The number of amides is 3. The minimum atomic E-state index is -4.64. The van der Waals surface area contributed by atoms with Crippen molar-refractivity contribution in [1.29, 1.82) is 0 Å². The van der Waals surface area contributed by atoms with Gasteiger partial charge in [-0.05, 0) is 39.0 Å². The molecule has 0 spiro atoms. The van der Waals surface area contributed by atoms with Crippen molar-refractivity contribution in [2.75, 3.05) is 11.9 Å². The second-order valence-electron chi connectivity index (χ2n) is 7.32. The predicted octanol–water partition coefficient (Wildman–Crippen LogP) is 4.59. The third-order valence-electron chi connectivity index (χ3n) is 3.75. The highest BCUT2D eigenvalue weighted by Crippen LogP contribution is 2.35. The Hall–Kier alpha value is -1.55. The van der Waals surface area contributed by atoms with Crippen LogP contribution in [0.3, 0.4) is 0 Å². The van der Waals surface area contributed by atoms with E-state index in [0.29, 0.717) is 4.90 Å². The van der Waals surface area contributed by atoms with Crippen LogP contribution in [0.1, 0.15) is 26.3 Å². The van der Waals surface area contributed by atoms with E-state index in [2.05, 4.69) is 10.3 Å². The van der Waals surface area contributed by atoms with Gasteiger partial charge in [-0.2, -0.15) is 13.2 Å². The van der Waals surface area contributed by atoms with Gasteiger partial charge in [0, 0.05) is 12.6 Å². The number of alkyl halides is 6. The van der Waals surface area contributed by atoms with Crippen molar-refractivity contribution in [3.63, 3.8) is 0 Å². The molecule has 160 valence electrons. The van der Waals surface area contributed by atoms with Crippen molar-refractivity contribution >= 4 is 58.3 Å². The molecule has 0 bridgehead atoms. The minimum Gasteiger partial charge on any atom is -0.287 e. The first-order valence-electron chi connectivity index (χ1n) is 8.24. The van der Waals surface area contributed by atoms with E-state index in [1.165, 1.54) is 13.1 Å². The van der Waals surface area contributed by atoms with E-state index >= 15 is 0 Å². The summed E-state index contributed by atoms with van der Waals surface area (Å²) < 4.78 is 37.2. The van der Waals surface area contributed by atoms with Gasteiger partial charge in [0.25, 0.3) is 5.91 Å². The molecule has 0 aliphatic carbocycles. The van der Waals surface area contributed by atoms with E-state index in [0.717, 1.165) is 23.1 Å². The first-order chi connectivity index (χ1) is 13.0. The van der Waals surface area contributed by atoms with Crippen molar-refractivity contribution < 1.29 is 22.8 Å². The molecule has 1 saturated heterocycles. The molecule has 2 rings (SSSR count). The van der Waals surface area contributed by atoms with Gasteiger partial charge in [-0.3, -0.25) is 15.0 Å². The molecule has 0 radical (unpaired) electrons. The number of nitrogens with zero attached hydrogens (tertiary/aromatic N) is 3. The van der Waals surface area contributed by atoms with Crippen LogP contribution in [0.2, 0.25) is 0 Å². The van der Waals surface area contributed by atoms with Crippen LogP contribution >= 0.6 is 34.8 Å². The van der Waals surface area contributed by atoms with Crippen LogP contribution in [0.5, 0.6) is 0 Å². The number of aliphatic imine (C=N–C) groups is 1. The fraction of sp³-hybridized carbons (Fsp3) is 0.471. The zero-order chi connectivity index (χ0) is 22.4. The zero-order valence-corrected chi connectivity index (χ0v) is 18.1. The number of hydrogen-bond donors (Lipinski definition) is 1. The highest BCUT2D eigenvalue weighted by molar-refractivity contribution is 6.68. The molecule has 3 amide bonds. The second-order valence-corrected chi connectivity index (χ2v) is 9.69. The highest BCUT2D eigenvalue weighted by atomic mass is 35.6. The first-order valence-corrected chi connectivity index (χ1v) is 9.37. The molecule has 29 heavy (non-hydrogen) atoms. The summed E-state index contributed by atoms with van der Waals surface area (Å²) in [5, 5.41) is 2.91. The third-order valence-corrected chi connectivity index (χ3v) is 4.37. The number of imide groups is 1. The van der Waals surface area contributed by atoms with Gasteiger partial charge in [0.15, 0.2) is 0 Å². The van der Waals surface area contributed by atoms with Gasteiger partial charge in [-0.25, -0.2) is 14.7 Å². The Morgan fingerprint density at radius 2 is 1.69 bits per heavy atom. The van der Waals surface area contributed by atoms with E-state index < -0.39 is 45.0 Å². The molecule has 1 aromatic carbocycles.